The van der Waals surface area contributed by atoms with Gasteiger partial charge < -0.3 is 4.74 Å². The lowest BCUT2D eigenvalue weighted by Gasteiger charge is -2.06. The topological polar surface area (TPSA) is 46.5 Å². The van der Waals surface area contributed by atoms with E-state index in [2.05, 4.69) is 50.5 Å². The van der Waals surface area contributed by atoms with Gasteiger partial charge in [0.2, 0.25) is 5.13 Å². The van der Waals surface area contributed by atoms with Gasteiger partial charge in [0.25, 0.3) is 0 Å². The molecular weight excluding hydrogens is 458 g/mol. The Hall–Kier alpha value is -2.96. The van der Waals surface area contributed by atoms with E-state index in [-0.39, 0.29) is 0 Å². The summed E-state index contributed by atoms with van der Waals surface area (Å²) in [7, 11) is 0. The van der Waals surface area contributed by atoms with Crippen LogP contribution in [0, 0.1) is 6.92 Å². The van der Waals surface area contributed by atoms with Gasteiger partial charge in [-0.2, -0.15) is 5.10 Å². The van der Waals surface area contributed by atoms with Crippen molar-refractivity contribution in [1.82, 2.24) is 4.98 Å². The summed E-state index contributed by atoms with van der Waals surface area (Å²) in [5.41, 5.74) is 7.24. The fraction of sp³-hybridized carbons (Fsp3) is 0.0833. The second-order valence-corrected chi connectivity index (χ2v) is 8.76. The molecule has 0 aliphatic heterocycles. The highest BCUT2D eigenvalue weighted by molar-refractivity contribution is 9.10. The zero-order chi connectivity index (χ0) is 20.8. The van der Waals surface area contributed by atoms with Gasteiger partial charge in [0.05, 0.1) is 11.9 Å². The van der Waals surface area contributed by atoms with Crippen LogP contribution in [0.2, 0.25) is 0 Å². The maximum Gasteiger partial charge on any atom is 0.204 e. The van der Waals surface area contributed by atoms with Gasteiger partial charge in [-0.25, -0.2) is 4.98 Å². The molecule has 4 rings (SSSR count). The quantitative estimate of drug-likeness (QED) is 0.232. The van der Waals surface area contributed by atoms with Crippen LogP contribution in [0.15, 0.2) is 88.4 Å². The van der Waals surface area contributed by atoms with Crippen LogP contribution in [0.25, 0.3) is 11.3 Å². The molecule has 0 aliphatic carbocycles. The van der Waals surface area contributed by atoms with Gasteiger partial charge in [0.1, 0.15) is 12.4 Å². The fourth-order valence-corrected chi connectivity index (χ4v) is 3.92. The van der Waals surface area contributed by atoms with Crippen LogP contribution in [0.5, 0.6) is 5.75 Å². The third kappa shape index (κ3) is 5.34. The number of halogens is 1. The number of anilines is 1. The molecular formula is C24H20BrN3OS. The first-order valence-corrected chi connectivity index (χ1v) is 11.1. The smallest absolute Gasteiger partial charge is 0.204 e. The lowest BCUT2D eigenvalue weighted by molar-refractivity contribution is 0.306. The molecule has 150 valence electrons. The number of rotatable bonds is 7. The summed E-state index contributed by atoms with van der Waals surface area (Å²) in [6.07, 6.45) is 1.78. The standard InChI is InChI=1S/C24H20BrN3OS/c1-17-23(20-5-3-2-4-6-20)27-24(30-17)28-26-15-18-9-13-22(14-10-18)29-16-19-7-11-21(25)12-8-19/h2-15H,16H2,1H3,(H,27,28)/b26-15+. The molecule has 1 N–H and O–H groups in total. The van der Waals surface area contributed by atoms with Crippen molar-refractivity contribution in [3.8, 4) is 17.0 Å². The highest BCUT2D eigenvalue weighted by atomic mass is 79.9. The molecule has 0 spiro atoms. The van der Waals surface area contributed by atoms with E-state index in [4.69, 9.17) is 4.74 Å². The Morgan fingerprint density at radius 3 is 2.47 bits per heavy atom. The molecule has 0 bridgehead atoms. The van der Waals surface area contributed by atoms with Crippen LogP contribution in [0.4, 0.5) is 5.13 Å². The number of aryl methyl sites for hydroxylation is 1. The van der Waals surface area contributed by atoms with Crippen molar-refractivity contribution in [2.75, 3.05) is 5.43 Å². The lowest BCUT2D eigenvalue weighted by Crippen LogP contribution is -1.95. The molecule has 6 heteroatoms. The summed E-state index contributed by atoms with van der Waals surface area (Å²) in [5, 5.41) is 5.09. The third-order valence-corrected chi connectivity index (χ3v) is 5.82. The molecule has 0 aliphatic rings. The lowest BCUT2D eigenvalue weighted by atomic mass is 10.1. The van der Waals surface area contributed by atoms with Crippen molar-refractivity contribution < 1.29 is 4.74 Å². The minimum absolute atomic E-state index is 0.537. The van der Waals surface area contributed by atoms with Gasteiger partial charge in [-0.15, -0.1) is 11.3 Å². The average molecular weight is 478 g/mol. The number of aromatic nitrogens is 1. The number of nitrogens with zero attached hydrogens (tertiary/aromatic N) is 2. The molecule has 3 aromatic carbocycles. The van der Waals surface area contributed by atoms with Gasteiger partial charge >= 0.3 is 0 Å². The van der Waals surface area contributed by atoms with Gasteiger partial charge in [-0.3, -0.25) is 5.43 Å². The van der Waals surface area contributed by atoms with Crippen molar-refractivity contribution in [3.05, 3.63) is 99.3 Å². The van der Waals surface area contributed by atoms with Gasteiger partial charge in [-0.05, 0) is 54.4 Å². The molecule has 0 amide bonds. The Morgan fingerprint density at radius 1 is 1.00 bits per heavy atom. The van der Waals surface area contributed by atoms with E-state index in [1.165, 1.54) is 0 Å². The summed E-state index contributed by atoms with van der Waals surface area (Å²) in [5.74, 6) is 0.825. The van der Waals surface area contributed by atoms with Crippen LogP contribution in [0.3, 0.4) is 0 Å². The van der Waals surface area contributed by atoms with E-state index >= 15 is 0 Å². The number of ether oxygens (including phenoxy) is 1. The molecule has 0 radical (unpaired) electrons. The molecule has 30 heavy (non-hydrogen) atoms. The van der Waals surface area contributed by atoms with E-state index in [1.54, 1.807) is 17.6 Å². The minimum atomic E-state index is 0.537. The molecule has 1 heterocycles. The SMILES string of the molecule is Cc1sc(N/N=C/c2ccc(OCc3ccc(Br)cc3)cc2)nc1-c1ccccc1. The Labute approximate surface area is 188 Å². The minimum Gasteiger partial charge on any atom is -0.489 e. The van der Waals surface area contributed by atoms with E-state index in [1.807, 2.05) is 66.7 Å². The van der Waals surface area contributed by atoms with Crippen molar-refractivity contribution in [1.29, 1.82) is 0 Å². The molecule has 0 saturated heterocycles. The van der Waals surface area contributed by atoms with Crippen LogP contribution in [0.1, 0.15) is 16.0 Å². The predicted octanol–water partition coefficient (Wildman–Crippen LogP) is 6.91. The molecule has 0 atom stereocenters. The van der Waals surface area contributed by atoms with Crippen LogP contribution in [-0.4, -0.2) is 11.2 Å². The second kappa shape index (κ2) is 9.69. The van der Waals surface area contributed by atoms with E-state index < -0.39 is 0 Å². The number of thiazole rings is 1. The third-order valence-electron chi connectivity index (χ3n) is 4.42. The Bertz CT molecular complexity index is 1120. The first-order chi connectivity index (χ1) is 14.7. The summed E-state index contributed by atoms with van der Waals surface area (Å²) < 4.78 is 6.90. The van der Waals surface area contributed by atoms with E-state index in [9.17, 15) is 0 Å². The van der Waals surface area contributed by atoms with Crippen LogP contribution < -0.4 is 10.2 Å². The molecule has 0 unspecified atom stereocenters. The number of nitrogens with one attached hydrogen (secondary N) is 1. The van der Waals surface area contributed by atoms with Gasteiger partial charge in [-0.1, -0.05) is 58.4 Å². The predicted molar refractivity (Wildman–Crippen MR) is 128 cm³/mol. The highest BCUT2D eigenvalue weighted by Crippen LogP contribution is 2.30. The van der Waals surface area contributed by atoms with Gasteiger partial charge in [0.15, 0.2) is 0 Å². The maximum atomic E-state index is 5.83. The van der Waals surface area contributed by atoms with Crippen molar-refractivity contribution >= 4 is 38.6 Å². The summed E-state index contributed by atoms with van der Waals surface area (Å²) in [6.45, 7) is 2.61. The molecule has 0 saturated carbocycles. The molecule has 0 fully saturated rings. The summed E-state index contributed by atoms with van der Waals surface area (Å²) >= 11 is 5.03. The molecule has 4 nitrogen and oxygen atoms in total. The first kappa shape index (κ1) is 20.3. The van der Waals surface area contributed by atoms with Crippen LogP contribution >= 0.6 is 27.3 Å². The molecule has 1 aromatic heterocycles. The maximum absolute atomic E-state index is 5.83. The van der Waals surface area contributed by atoms with Crippen LogP contribution in [-0.2, 0) is 6.61 Å². The zero-order valence-corrected chi connectivity index (χ0v) is 18.8. The van der Waals surface area contributed by atoms with E-state index in [0.717, 1.165) is 42.6 Å². The Kier molecular flexibility index (Phi) is 6.57. The summed E-state index contributed by atoms with van der Waals surface area (Å²) in [4.78, 5) is 5.81. The average Bonchev–Trinajstić information content (AvgIpc) is 3.15. The Morgan fingerprint density at radius 2 is 1.73 bits per heavy atom. The molecule has 4 aromatic rings. The van der Waals surface area contributed by atoms with E-state index in [0.29, 0.717) is 6.61 Å². The second-order valence-electron chi connectivity index (χ2n) is 6.64. The Balaban J connectivity index is 1.33. The largest absolute Gasteiger partial charge is 0.489 e. The fourth-order valence-electron chi connectivity index (χ4n) is 2.87. The highest BCUT2D eigenvalue weighted by Gasteiger charge is 2.08. The first-order valence-electron chi connectivity index (χ1n) is 9.46. The zero-order valence-electron chi connectivity index (χ0n) is 16.4. The van der Waals surface area contributed by atoms with Gasteiger partial charge in [0, 0.05) is 14.9 Å². The monoisotopic (exact) mass is 477 g/mol. The normalized spacial score (nSPS) is 11.0. The van der Waals surface area contributed by atoms with Crippen molar-refractivity contribution in [2.24, 2.45) is 5.10 Å². The number of benzene rings is 3. The number of hydrazone groups is 1. The van der Waals surface area contributed by atoms with Crippen molar-refractivity contribution in [2.45, 2.75) is 13.5 Å². The number of hydrogen-bond acceptors (Lipinski definition) is 5. The number of hydrogen-bond donors (Lipinski definition) is 1. The summed E-state index contributed by atoms with van der Waals surface area (Å²) in [6, 6.07) is 26.1. The van der Waals surface area contributed by atoms with Crippen molar-refractivity contribution in [3.63, 3.8) is 0 Å².